The first-order valence-corrected chi connectivity index (χ1v) is 8.50. The van der Waals surface area contributed by atoms with Gasteiger partial charge in [0.1, 0.15) is 11.3 Å². The van der Waals surface area contributed by atoms with Crippen LogP contribution in [-0.2, 0) is 17.6 Å². The van der Waals surface area contributed by atoms with Gasteiger partial charge in [0.2, 0.25) is 5.91 Å². The number of nitrogens with one attached hydrogen (secondary N) is 2. The summed E-state index contributed by atoms with van der Waals surface area (Å²) < 4.78 is 5.76. The normalized spacial score (nSPS) is 11.2. The van der Waals surface area contributed by atoms with E-state index in [1.54, 1.807) is 0 Å². The van der Waals surface area contributed by atoms with E-state index in [2.05, 4.69) is 22.4 Å². The molecule has 0 fully saturated rings. The lowest BCUT2D eigenvalue weighted by atomic mass is 10.1. The van der Waals surface area contributed by atoms with Crippen LogP contribution in [0.25, 0.3) is 21.9 Å². The summed E-state index contributed by atoms with van der Waals surface area (Å²) in [6.45, 7) is 2.64. The predicted octanol–water partition coefficient (Wildman–Crippen LogP) is 4.12. The molecule has 0 unspecified atom stereocenters. The molecule has 0 atom stereocenters. The zero-order valence-corrected chi connectivity index (χ0v) is 14.1. The van der Waals surface area contributed by atoms with E-state index in [0.29, 0.717) is 12.3 Å². The fraction of sp³-hybridized carbons (Fsp3) is 0.190. The van der Waals surface area contributed by atoms with Crippen molar-refractivity contribution in [3.05, 3.63) is 71.6 Å². The molecule has 1 amide bonds. The number of benzene rings is 2. The van der Waals surface area contributed by atoms with Crippen molar-refractivity contribution in [2.45, 2.75) is 19.8 Å². The highest BCUT2D eigenvalue weighted by molar-refractivity contribution is 5.84. The van der Waals surface area contributed by atoms with Crippen molar-refractivity contribution in [3.8, 4) is 0 Å². The highest BCUT2D eigenvalue weighted by Gasteiger charge is 2.09. The Balaban J connectivity index is 1.35. The van der Waals surface area contributed by atoms with Gasteiger partial charge in [-0.05, 0) is 42.7 Å². The van der Waals surface area contributed by atoms with Gasteiger partial charge in [-0.2, -0.15) is 0 Å². The topological polar surface area (TPSA) is 58.0 Å². The zero-order valence-electron chi connectivity index (χ0n) is 14.1. The lowest BCUT2D eigenvalue weighted by Crippen LogP contribution is -2.27. The molecule has 4 rings (SSSR count). The number of carbonyl (C=O) groups is 1. The maximum Gasteiger partial charge on any atom is 0.227 e. The van der Waals surface area contributed by atoms with Crippen molar-refractivity contribution in [2.75, 3.05) is 6.54 Å². The number of furan rings is 1. The van der Waals surface area contributed by atoms with Crippen LogP contribution in [0.5, 0.6) is 0 Å². The highest BCUT2D eigenvalue weighted by Crippen LogP contribution is 2.21. The highest BCUT2D eigenvalue weighted by atomic mass is 16.3. The molecule has 2 aromatic heterocycles. The molecule has 0 aliphatic rings. The van der Waals surface area contributed by atoms with Gasteiger partial charge in [0.15, 0.2) is 0 Å². The van der Waals surface area contributed by atoms with Crippen molar-refractivity contribution >= 4 is 27.8 Å². The molecule has 2 heterocycles. The minimum Gasteiger partial charge on any atom is -0.461 e. The number of aryl methyl sites for hydroxylation is 1. The Bertz CT molecular complexity index is 1040. The Hall–Kier alpha value is -3.01. The fourth-order valence-corrected chi connectivity index (χ4v) is 3.18. The number of carbonyl (C=O) groups excluding carboxylic acids is 1. The summed E-state index contributed by atoms with van der Waals surface area (Å²) in [6, 6.07) is 16.2. The van der Waals surface area contributed by atoms with Crippen LogP contribution in [0.15, 0.2) is 59.1 Å². The van der Waals surface area contributed by atoms with Crippen LogP contribution in [0.3, 0.4) is 0 Å². The summed E-state index contributed by atoms with van der Waals surface area (Å²) >= 11 is 0. The number of aromatic nitrogens is 1. The van der Waals surface area contributed by atoms with Crippen molar-refractivity contribution in [3.63, 3.8) is 0 Å². The first-order chi connectivity index (χ1) is 12.2. The number of rotatable bonds is 5. The molecule has 126 valence electrons. The van der Waals surface area contributed by atoms with Crippen LogP contribution in [0.2, 0.25) is 0 Å². The number of hydrogen-bond donors (Lipinski definition) is 2. The third-order valence-corrected chi connectivity index (χ3v) is 4.45. The molecular weight excluding hydrogens is 312 g/mol. The lowest BCUT2D eigenvalue weighted by molar-refractivity contribution is -0.120. The van der Waals surface area contributed by atoms with Gasteiger partial charge in [-0.3, -0.25) is 4.79 Å². The first kappa shape index (κ1) is 15.5. The minimum absolute atomic E-state index is 0.0179. The van der Waals surface area contributed by atoms with Gasteiger partial charge in [-0.25, -0.2) is 0 Å². The predicted molar refractivity (Wildman–Crippen MR) is 99.7 cm³/mol. The standard InChI is InChI=1S/C21H20N2O2/c1-14-6-7-15-11-17(25-20(15)10-14)12-21(24)22-9-8-16-13-23-19-5-3-2-4-18(16)19/h2-7,10-11,13,23H,8-9,12H2,1H3,(H,22,24). The van der Waals surface area contributed by atoms with Gasteiger partial charge in [0.25, 0.3) is 0 Å². The summed E-state index contributed by atoms with van der Waals surface area (Å²) in [5, 5.41) is 5.22. The van der Waals surface area contributed by atoms with E-state index in [4.69, 9.17) is 4.42 Å². The van der Waals surface area contributed by atoms with Gasteiger partial charge >= 0.3 is 0 Å². The first-order valence-electron chi connectivity index (χ1n) is 8.50. The van der Waals surface area contributed by atoms with E-state index >= 15 is 0 Å². The van der Waals surface area contributed by atoms with Crippen molar-refractivity contribution in [1.29, 1.82) is 0 Å². The minimum atomic E-state index is -0.0179. The number of fused-ring (bicyclic) bond motifs is 2. The van der Waals surface area contributed by atoms with E-state index in [1.165, 1.54) is 10.9 Å². The number of amides is 1. The lowest BCUT2D eigenvalue weighted by Gasteiger charge is -2.03. The summed E-state index contributed by atoms with van der Waals surface area (Å²) in [4.78, 5) is 15.4. The number of aromatic amines is 1. The van der Waals surface area contributed by atoms with Gasteiger partial charge in [0, 0.05) is 29.0 Å². The summed E-state index contributed by atoms with van der Waals surface area (Å²) in [5.41, 5.74) is 4.33. The van der Waals surface area contributed by atoms with Crippen LogP contribution in [0.1, 0.15) is 16.9 Å². The second-order valence-electron chi connectivity index (χ2n) is 6.39. The molecule has 0 saturated carbocycles. The van der Waals surface area contributed by atoms with Crippen molar-refractivity contribution < 1.29 is 9.21 Å². The number of para-hydroxylation sites is 1. The monoisotopic (exact) mass is 332 g/mol. The van der Waals surface area contributed by atoms with Crippen LogP contribution >= 0.6 is 0 Å². The molecule has 0 saturated heterocycles. The van der Waals surface area contributed by atoms with E-state index in [0.717, 1.165) is 28.5 Å². The average Bonchev–Trinajstić information content (AvgIpc) is 3.18. The second kappa shape index (κ2) is 6.48. The molecule has 0 aliphatic carbocycles. The molecule has 0 aliphatic heterocycles. The molecule has 2 aromatic carbocycles. The molecule has 2 N–H and O–H groups in total. The van der Waals surface area contributed by atoms with Gasteiger partial charge in [-0.15, -0.1) is 0 Å². The molecule has 0 bridgehead atoms. The Labute approximate surface area is 145 Å². The summed E-state index contributed by atoms with van der Waals surface area (Å²) in [5.74, 6) is 0.681. The van der Waals surface area contributed by atoms with Crippen LogP contribution < -0.4 is 5.32 Å². The maximum absolute atomic E-state index is 12.2. The number of hydrogen-bond acceptors (Lipinski definition) is 2. The third-order valence-electron chi connectivity index (χ3n) is 4.45. The molecule has 4 nitrogen and oxygen atoms in total. The fourth-order valence-electron chi connectivity index (χ4n) is 3.18. The zero-order chi connectivity index (χ0) is 17.2. The van der Waals surface area contributed by atoms with Gasteiger partial charge in [0.05, 0.1) is 6.42 Å². The summed E-state index contributed by atoms with van der Waals surface area (Å²) in [6.07, 6.45) is 3.08. The summed E-state index contributed by atoms with van der Waals surface area (Å²) in [7, 11) is 0. The Morgan fingerprint density at radius 2 is 2.04 bits per heavy atom. The van der Waals surface area contributed by atoms with Gasteiger partial charge < -0.3 is 14.7 Å². The third kappa shape index (κ3) is 3.29. The van der Waals surface area contributed by atoms with Crippen LogP contribution in [-0.4, -0.2) is 17.4 Å². The van der Waals surface area contributed by atoms with E-state index in [-0.39, 0.29) is 12.3 Å². The molecular formula is C21H20N2O2. The maximum atomic E-state index is 12.2. The molecule has 0 spiro atoms. The van der Waals surface area contributed by atoms with Crippen molar-refractivity contribution in [2.24, 2.45) is 0 Å². The van der Waals surface area contributed by atoms with E-state index in [9.17, 15) is 4.79 Å². The SMILES string of the molecule is Cc1ccc2cc(CC(=O)NCCc3c[nH]c4ccccc34)oc2c1. The Morgan fingerprint density at radius 3 is 2.96 bits per heavy atom. The molecule has 4 aromatic rings. The quantitative estimate of drug-likeness (QED) is 0.577. The van der Waals surface area contributed by atoms with E-state index in [1.807, 2.05) is 49.5 Å². The second-order valence-corrected chi connectivity index (χ2v) is 6.39. The molecule has 0 radical (unpaired) electrons. The molecule has 4 heteroatoms. The van der Waals surface area contributed by atoms with Crippen LogP contribution in [0.4, 0.5) is 0 Å². The molecule has 25 heavy (non-hydrogen) atoms. The Kier molecular flexibility index (Phi) is 4.02. The average molecular weight is 332 g/mol. The number of H-pyrrole nitrogens is 1. The Morgan fingerprint density at radius 1 is 1.16 bits per heavy atom. The smallest absolute Gasteiger partial charge is 0.227 e. The van der Waals surface area contributed by atoms with Crippen LogP contribution in [0, 0.1) is 6.92 Å². The largest absolute Gasteiger partial charge is 0.461 e. The van der Waals surface area contributed by atoms with E-state index < -0.39 is 0 Å². The van der Waals surface area contributed by atoms with Crippen molar-refractivity contribution in [1.82, 2.24) is 10.3 Å². The van der Waals surface area contributed by atoms with Gasteiger partial charge in [-0.1, -0.05) is 30.3 Å².